The van der Waals surface area contributed by atoms with Gasteiger partial charge in [0, 0.05) is 0 Å². The van der Waals surface area contributed by atoms with Crippen molar-refractivity contribution in [2.75, 3.05) is 6.61 Å². The molecule has 4 aromatic carbocycles. The van der Waals surface area contributed by atoms with Crippen LogP contribution in [-0.4, -0.2) is 47.8 Å². The number of rotatable bonds is 17. The summed E-state index contributed by atoms with van der Waals surface area (Å²) in [6, 6.07) is 40.0. The molecule has 0 saturated heterocycles. The molecule has 0 aromatic heterocycles. The molecule has 0 spiro atoms. The Morgan fingerprint density at radius 3 is 1.26 bits per heavy atom. The van der Waals surface area contributed by atoms with Crippen LogP contribution in [0.2, 0.25) is 0 Å². The summed E-state index contributed by atoms with van der Waals surface area (Å²) in [4.78, 5) is 0. The molecule has 242 valence electrons. The summed E-state index contributed by atoms with van der Waals surface area (Å²) in [5.41, 5.74) is 2.58. The highest BCUT2D eigenvalue weighted by molar-refractivity contribution is 5.19. The fourth-order valence-corrected chi connectivity index (χ4v) is 6.21. The first kappa shape index (κ1) is 33.7. The molecule has 1 aliphatic rings. The minimum Gasteiger partial charge on any atom is -0.384 e. The molecule has 1 N–H and O–H groups in total. The van der Waals surface area contributed by atoms with Gasteiger partial charge in [-0.25, -0.2) is 0 Å². The van der Waals surface area contributed by atoms with Gasteiger partial charge in [0.15, 0.2) is 0 Å². The molecular weight excluding hydrogens is 576 g/mol. The van der Waals surface area contributed by atoms with Crippen LogP contribution in [0, 0.1) is 0 Å². The largest absolute Gasteiger partial charge is 0.384 e. The first-order valence-electron chi connectivity index (χ1n) is 16.2. The van der Waals surface area contributed by atoms with E-state index in [2.05, 4.69) is 13.5 Å². The number of ether oxygens (including phenoxy) is 5. The number of hydrogen-bond acceptors (Lipinski definition) is 6. The minimum atomic E-state index is -1.46. The summed E-state index contributed by atoms with van der Waals surface area (Å²) < 4.78 is 33.5. The summed E-state index contributed by atoms with van der Waals surface area (Å²) in [5, 5.41) is 12.8. The van der Waals surface area contributed by atoms with Crippen molar-refractivity contribution in [3.63, 3.8) is 0 Å². The average molecular weight is 623 g/mol. The zero-order chi connectivity index (χ0) is 32.0. The van der Waals surface area contributed by atoms with Crippen LogP contribution < -0.4 is 0 Å². The van der Waals surface area contributed by atoms with E-state index in [1.54, 1.807) is 6.08 Å². The number of benzene rings is 4. The Bertz CT molecular complexity index is 1420. The van der Waals surface area contributed by atoms with Gasteiger partial charge in [0.25, 0.3) is 0 Å². The van der Waals surface area contributed by atoms with Gasteiger partial charge in [-0.15, -0.1) is 6.58 Å². The summed E-state index contributed by atoms with van der Waals surface area (Å²) in [7, 11) is 0. The van der Waals surface area contributed by atoms with Crippen molar-refractivity contribution < 1.29 is 28.8 Å². The van der Waals surface area contributed by atoms with Gasteiger partial charge >= 0.3 is 0 Å². The van der Waals surface area contributed by atoms with E-state index in [9.17, 15) is 5.11 Å². The second-order valence-electron chi connectivity index (χ2n) is 11.8. The molecule has 0 bridgehead atoms. The zero-order valence-electron chi connectivity index (χ0n) is 26.7. The van der Waals surface area contributed by atoms with Crippen LogP contribution in [0.3, 0.4) is 0 Å². The summed E-state index contributed by atoms with van der Waals surface area (Å²) in [5.74, 6) is 0. The Kier molecular flexibility index (Phi) is 12.7. The van der Waals surface area contributed by atoms with Gasteiger partial charge in [-0.05, 0) is 28.7 Å². The van der Waals surface area contributed by atoms with E-state index in [1.807, 2.05) is 121 Å². The van der Waals surface area contributed by atoms with E-state index in [0.717, 1.165) is 22.3 Å². The fraction of sp³-hybridized carbons (Fsp3) is 0.350. The molecule has 1 fully saturated rings. The van der Waals surface area contributed by atoms with E-state index in [0.29, 0.717) is 32.7 Å². The van der Waals surface area contributed by atoms with E-state index in [4.69, 9.17) is 23.7 Å². The maximum atomic E-state index is 12.8. The van der Waals surface area contributed by atoms with E-state index >= 15 is 0 Å². The minimum absolute atomic E-state index is 0.230. The molecule has 1 aliphatic carbocycles. The Morgan fingerprint density at radius 1 is 0.543 bits per heavy atom. The molecule has 4 aromatic rings. The lowest BCUT2D eigenvalue weighted by atomic mass is 9.72. The van der Waals surface area contributed by atoms with Crippen molar-refractivity contribution in [3.05, 3.63) is 156 Å². The third-order valence-corrected chi connectivity index (χ3v) is 8.40. The third kappa shape index (κ3) is 8.80. The van der Waals surface area contributed by atoms with Crippen molar-refractivity contribution in [3.8, 4) is 0 Å². The predicted molar refractivity (Wildman–Crippen MR) is 180 cm³/mol. The van der Waals surface area contributed by atoms with Crippen LogP contribution in [0.15, 0.2) is 134 Å². The summed E-state index contributed by atoms with van der Waals surface area (Å²) in [6.07, 6.45) is -0.779. The monoisotopic (exact) mass is 622 g/mol. The average Bonchev–Trinajstić information content (AvgIpc) is 3.10. The van der Waals surface area contributed by atoms with Crippen LogP contribution in [0.5, 0.6) is 0 Å². The maximum absolute atomic E-state index is 12.8. The molecule has 0 radical (unpaired) electrons. The van der Waals surface area contributed by atoms with Crippen molar-refractivity contribution in [1.82, 2.24) is 0 Å². The van der Waals surface area contributed by atoms with E-state index in [1.165, 1.54) is 0 Å². The number of aliphatic hydroxyl groups is 1. The molecular formula is C40H46O6. The topological polar surface area (TPSA) is 66.4 Å². The van der Waals surface area contributed by atoms with Gasteiger partial charge in [-0.2, -0.15) is 0 Å². The second-order valence-corrected chi connectivity index (χ2v) is 11.8. The van der Waals surface area contributed by atoms with Gasteiger partial charge in [0.1, 0.15) is 36.1 Å². The summed E-state index contributed by atoms with van der Waals surface area (Å²) in [6.45, 7) is 7.41. The smallest absolute Gasteiger partial charge is 0.122 e. The Balaban J connectivity index is 1.56. The second kappa shape index (κ2) is 17.3. The molecule has 6 heteroatoms. The third-order valence-electron chi connectivity index (χ3n) is 8.40. The highest BCUT2D eigenvalue weighted by atomic mass is 16.6. The molecule has 0 heterocycles. The zero-order valence-corrected chi connectivity index (χ0v) is 26.7. The first-order chi connectivity index (χ1) is 22.6. The molecule has 1 saturated carbocycles. The molecule has 5 rings (SSSR count). The lowest BCUT2D eigenvalue weighted by molar-refractivity contribution is -0.315. The van der Waals surface area contributed by atoms with Gasteiger partial charge in [0.2, 0.25) is 0 Å². The lowest BCUT2D eigenvalue weighted by Gasteiger charge is -2.54. The van der Waals surface area contributed by atoms with Crippen molar-refractivity contribution in [2.24, 2.45) is 0 Å². The quantitative estimate of drug-likeness (QED) is 0.124. The maximum Gasteiger partial charge on any atom is 0.122 e. The van der Waals surface area contributed by atoms with Crippen molar-refractivity contribution >= 4 is 0 Å². The Morgan fingerprint density at radius 2 is 0.891 bits per heavy atom. The van der Waals surface area contributed by atoms with Gasteiger partial charge in [-0.3, -0.25) is 0 Å². The van der Waals surface area contributed by atoms with Crippen LogP contribution in [0.25, 0.3) is 0 Å². The van der Waals surface area contributed by atoms with Gasteiger partial charge in [0.05, 0.1) is 33.0 Å². The lowest BCUT2D eigenvalue weighted by Crippen LogP contribution is -2.73. The molecule has 6 unspecified atom stereocenters. The highest BCUT2D eigenvalue weighted by Gasteiger charge is 2.61. The normalized spacial score (nSPS) is 24.4. The standard InChI is InChI=1S/C40H46O6/c1-3-25-40(41)38(42-26-4-2)36(44-28-32-19-11-6-12-20-32)35(43-27-31-17-9-5-10-18-31)37(45-29-33-21-13-7-14-22-33)39(40)46-30-34-23-15-8-16-24-34/h4-24,35-39,41H,2-3,25-30H2,1H3. The summed E-state index contributed by atoms with van der Waals surface area (Å²) >= 11 is 0. The molecule has 0 amide bonds. The SMILES string of the molecule is C=CCOC1C(OCc2ccccc2)C(OCc2ccccc2)C(OCc2ccccc2)C(OCc2ccccc2)C1(O)CCC. The van der Waals surface area contributed by atoms with Crippen LogP contribution in [-0.2, 0) is 50.1 Å². The Labute approximate surface area is 273 Å². The van der Waals surface area contributed by atoms with Gasteiger partial charge < -0.3 is 28.8 Å². The van der Waals surface area contributed by atoms with Crippen LogP contribution in [0.4, 0.5) is 0 Å². The number of hydrogen-bond donors (Lipinski definition) is 1. The van der Waals surface area contributed by atoms with Crippen molar-refractivity contribution in [2.45, 2.75) is 82.3 Å². The van der Waals surface area contributed by atoms with Gasteiger partial charge in [-0.1, -0.05) is 141 Å². The molecule has 6 nitrogen and oxygen atoms in total. The highest BCUT2D eigenvalue weighted by Crippen LogP contribution is 2.42. The fourth-order valence-electron chi connectivity index (χ4n) is 6.21. The van der Waals surface area contributed by atoms with Crippen LogP contribution >= 0.6 is 0 Å². The van der Waals surface area contributed by atoms with E-state index in [-0.39, 0.29) is 13.2 Å². The van der Waals surface area contributed by atoms with Crippen LogP contribution in [0.1, 0.15) is 42.0 Å². The van der Waals surface area contributed by atoms with E-state index < -0.39 is 36.1 Å². The molecule has 46 heavy (non-hydrogen) atoms. The van der Waals surface area contributed by atoms with Crippen molar-refractivity contribution in [1.29, 1.82) is 0 Å². The Hall–Kier alpha value is -3.62. The molecule has 6 atom stereocenters. The first-order valence-corrected chi connectivity index (χ1v) is 16.2. The predicted octanol–water partition coefficient (Wildman–Crippen LogP) is 7.44. The molecule has 0 aliphatic heterocycles.